The molecule has 0 bridgehead atoms. The molecular weight excluding hydrogens is 363 g/mol. The van der Waals surface area contributed by atoms with Crippen molar-refractivity contribution in [3.05, 3.63) is 59.4 Å². The molecule has 1 heterocycles. The van der Waals surface area contributed by atoms with Crippen LogP contribution in [-0.4, -0.2) is 57.9 Å². The molecule has 7 heteroatoms. The van der Waals surface area contributed by atoms with Crippen LogP contribution in [-0.2, 0) is 4.74 Å². The van der Waals surface area contributed by atoms with Crippen LogP contribution >= 0.6 is 0 Å². The molecule has 1 amide bonds. The van der Waals surface area contributed by atoms with Gasteiger partial charge in [0.05, 0.1) is 39.0 Å². The number of methoxy groups -OCH3 is 2. The van der Waals surface area contributed by atoms with Crippen molar-refractivity contribution in [3.8, 4) is 11.5 Å². The van der Waals surface area contributed by atoms with Gasteiger partial charge in [0.2, 0.25) is 0 Å². The Bertz CT molecular complexity index is 791. The van der Waals surface area contributed by atoms with Gasteiger partial charge < -0.3 is 19.5 Å². The summed E-state index contributed by atoms with van der Waals surface area (Å²) in [5.41, 5.74) is 1.24. The molecule has 28 heavy (non-hydrogen) atoms. The minimum absolute atomic E-state index is 0.0293. The number of rotatable bonds is 7. The lowest BCUT2D eigenvalue weighted by Crippen LogP contribution is -2.43. The zero-order chi connectivity index (χ0) is 19.9. The quantitative estimate of drug-likeness (QED) is 0.790. The van der Waals surface area contributed by atoms with Gasteiger partial charge in [-0.3, -0.25) is 9.69 Å². The summed E-state index contributed by atoms with van der Waals surface area (Å²) >= 11 is 0. The first-order valence-electron chi connectivity index (χ1n) is 9.20. The molecular formula is C21H25FN2O4. The van der Waals surface area contributed by atoms with Gasteiger partial charge in [0.25, 0.3) is 5.91 Å². The maximum Gasteiger partial charge on any atom is 0.255 e. The predicted molar refractivity (Wildman–Crippen MR) is 103 cm³/mol. The van der Waals surface area contributed by atoms with Gasteiger partial charge in [-0.15, -0.1) is 0 Å². The second-order valence-electron chi connectivity index (χ2n) is 6.49. The van der Waals surface area contributed by atoms with Crippen molar-refractivity contribution in [2.24, 2.45) is 0 Å². The van der Waals surface area contributed by atoms with Crippen LogP contribution in [0.4, 0.5) is 4.39 Å². The van der Waals surface area contributed by atoms with E-state index in [1.54, 1.807) is 7.11 Å². The summed E-state index contributed by atoms with van der Waals surface area (Å²) in [4.78, 5) is 14.9. The lowest BCUT2D eigenvalue weighted by atomic mass is 10.0. The van der Waals surface area contributed by atoms with Crippen LogP contribution in [0.15, 0.2) is 42.5 Å². The summed E-state index contributed by atoms with van der Waals surface area (Å²) in [7, 11) is 3.08. The molecule has 1 saturated heterocycles. The Balaban J connectivity index is 1.77. The number of benzene rings is 2. The van der Waals surface area contributed by atoms with Gasteiger partial charge in [-0.2, -0.15) is 0 Å². The van der Waals surface area contributed by atoms with Crippen LogP contribution in [0.1, 0.15) is 22.0 Å². The van der Waals surface area contributed by atoms with Crippen molar-refractivity contribution in [1.82, 2.24) is 10.2 Å². The summed E-state index contributed by atoms with van der Waals surface area (Å²) in [5, 5.41) is 2.93. The number of nitrogens with zero attached hydrogens (tertiary/aromatic N) is 1. The van der Waals surface area contributed by atoms with Crippen molar-refractivity contribution in [1.29, 1.82) is 0 Å². The van der Waals surface area contributed by atoms with E-state index in [9.17, 15) is 9.18 Å². The van der Waals surface area contributed by atoms with E-state index in [2.05, 4.69) is 10.2 Å². The summed E-state index contributed by atoms with van der Waals surface area (Å²) in [5.74, 6) is 0.262. The molecule has 2 aromatic carbocycles. The number of carbonyl (C=O) groups is 1. The Morgan fingerprint density at radius 2 is 1.86 bits per heavy atom. The number of hydrogen-bond acceptors (Lipinski definition) is 5. The average Bonchev–Trinajstić information content (AvgIpc) is 2.75. The van der Waals surface area contributed by atoms with Crippen LogP contribution < -0.4 is 14.8 Å². The van der Waals surface area contributed by atoms with Crippen LogP contribution in [0, 0.1) is 5.82 Å². The van der Waals surface area contributed by atoms with E-state index in [4.69, 9.17) is 14.2 Å². The van der Waals surface area contributed by atoms with E-state index in [0.717, 1.165) is 24.4 Å². The molecule has 0 saturated carbocycles. The fourth-order valence-electron chi connectivity index (χ4n) is 3.32. The number of carbonyl (C=O) groups excluding carboxylic acids is 1. The van der Waals surface area contributed by atoms with E-state index in [-0.39, 0.29) is 17.5 Å². The molecule has 150 valence electrons. The lowest BCUT2D eigenvalue weighted by molar-refractivity contribution is 0.0162. The minimum Gasteiger partial charge on any atom is -0.497 e. The monoisotopic (exact) mass is 388 g/mol. The van der Waals surface area contributed by atoms with Crippen LogP contribution in [0.5, 0.6) is 11.5 Å². The molecule has 1 N–H and O–H groups in total. The first-order chi connectivity index (χ1) is 13.6. The molecule has 1 aliphatic heterocycles. The number of nitrogens with one attached hydrogen (secondary N) is 1. The number of ether oxygens (including phenoxy) is 3. The summed E-state index contributed by atoms with van der Waals surface area (Å²) in [6, 6.07) is 11.7. The Kier molecular flexibility index (Phi) is 6.84. The molecule has 3 rings (SSSR count). The Morgan fingerprint density at radius 1 is 1.14 bits per heavy atom. The van der Waals surface area contributed by atoms with Crippen molar-refractivity contribution >= 4 is 5.91 Å². The molecule has 6 nitrogen and oxygen atoms in total. The SMILES string of the molecule is COc1ccc(C(CNC(=O)c2cc(F)ccc2OC)N2CCOCC2)cc1. The second-order valence-corrected chi connectivity index (χ2v) is 6.49. The highest BCUT2D eigenvalue weighted by atomic mass is 19.1. The molecule has 0 aliphatic carbocycles. The van der Waals surface area contributed by atoms with Gasteiger partial charge in [-0.25, -0.2) is 4.39 Å². The third-order valence-electron chi connectivity index (χ3n) is 4.85. The van der Waals surface area contributed by atoms with E-state index in [1.807, 2.05) is 24.3 Å². The fourth-order valence-corrected chi connectivity index (χ4v) is 3.32. The highest BCUT2D eigenvalue weighted by molar-refractivity contribution is 5.96. The van der Waals surface area contributed by atoms with E-state index in [1.165, 1.54) is 25.3 Å². The maximum absolute atomic E-state index is 13.6. The first-order valence-corrected chi connectivity index (χ1v) is 9.20. The van der Waals surface area contributed by atoms with Crippen LogP contribution in [0.3, 0.4) is 0 Å². The van der Waals surface area contributed by atoms with Crippen molar-refractivity contribution < 1.29 is 23.4 Å². The molecule has 1 aliphatic rings. The molecule has 1 atom stereocenters. The van der Waals surface area contributed by atoms with Crippen molar-refractivity contribution in [3.63, 3.8) is 0 Å². The molecule has 1 unspecified atom stereocenters. The number of halogens is 1. The Hall–Kier alpha value is -2.64. The number of hydrogen-bond donors (Lipinski definition) is 1. The molecule has 2 aromatic rings. The summed E-state index contributed by atoms with van der Waals surface area (Å²) in [6.45, 7) is 3.23. The highest BCUT2D eigenvalue weighted by Crippen LogP contribution is 2.24. The molecule has 0 radical (unpaired) electrons. The number of morpholine rings is 1. The van der Waals surface area contributed by atoms with E-state index >= 15 is 0 Å². The number of amides is 1. The van der Waals surface area contributed by atoms with Crippen molar-refractivity contribution in [2.45, 2.75) is 6.04 Å². The van der Waals surface area contributed by atoms with Crippen LogP contribution in [0.2, 0.25) is 0 Å². The van der Waals surface area contributed by atoms with Crippen LogP contribution in [0.25, 0.3) is 0 Å². The first kappa shape index (κ1) is 20.1. The van der Waals surface area contributed by atoms with E-state index in [0.29, 0.717) is 25.5 Å². The normalized spacial score (nSPS) is 15.7. The zero-order valence-electron chi connectivity index (χ0n) is 16.1. The topological polar surface area (TPSA) is 60.0 Å². The summed E-state index contributed by atoms with van der Waals surface area (Å²) in [6.07, 6.45) is 0. The third-order valence-corrected chi connectivity index (χ3v) is 4.85. The molecule has 1 fully saturated rings. The Labute approximate surface area is 164 Å². The lowest BCUT2D eigenvalue weighted by Gasteiger charge is -2.35. The Morgan fingerprint density at radius 3 is 2.50 bits per heavy atom. The second kappa shape index (κ2) is 9.52. The van der Waals surface area contributed by atoms with Gasteiger partial charge in [0.1, 0.15) is 17.3 Å². The highest BCUT2D eigenvalue weighted by Gasteiger charge is 2.24. The van der Waals surface area contributed by atoms with Gasteiger partial charge in [-0.05, 0) is 35.9 Å². The minimum atomic E-state index is -0.481. The van der Waals surface area contributed by atoms with E-state index < -0.39 is 5.82 Å². The molecule has 0 spiro atoms. The smallest absolute Gasteiger partial charge is 0.255 e. The third kappa shape index (κ3) is 4.79. The predicted octanol–water partition coefficient (Wildman–Crippen LogP) is 2.65. The van der Waals surface area contributed by atoms with Gasteiger partial charge >= 0.3 is 0 Å². The maximum atomic E-state index is 13.6. The van der Waals surface area contributed by atoms with Gasteiger partial charge in [0.15, 0.2) is 0 Å². The average molecular weight is 388 g/mol. The largest absolute Gasteiger partial charge is 0.497 e. The standard InChI is InChI=1S/C21H25FN2O4/c1-26-17-6-3-15(4-7-17)19(24-9-11-28-12-10-24)14-23-21(25)18-13-16(22)5-8-20(18)27-2/h3-8,13,19H,9-12,14H2,1-2H3,(H,23,25). The van der Waals surface area contributed by atoms with Crippen molar-refractivity contribution in [2.75, 3.05) is 47.1 Å². The zero-order valence-corrected chi connectivity index (χ0v) is 16.1. The fraction of sp³-hybridized carbons (Fsp3) is 0.381. The van der Waals surface area contributed by atoms with Gasteiger partial charge in [0, 0.05) is 19.6 Å². The van der Waals surface area contributed by atoms with Gasteiger partial charge in [-0.1, -0.05) is 12.1 Å². The molecule has 0 aromatic heterocycles. The summed E-state index contributed by atoms with van der Waals surface area (Å²) < 4.78 is 29.5.